The fourth-order valence-electron chi connectivity index (χ4n) is 2.79. The molecule has 2 rings (SSSR count). The molecule has 0 radical (unpaired) electrons. The molecule has 0 saturated carbocycles. The smallest absolute Gasteiger partial charge is 0.334 e. The third kappa shape index (κ3) is 2.55. The number of aromatic nitrogens is 5. The Labute approximate surface area is 135 Å². The topological polar surface area (TPSA) is 102 Å². The molecular formula is C15H24N5O3+. The highest BCUT2D eigenvalue weighted by molar-refractivity contribution is 6.22. The van der Waals surface area contributed by atoms with Gasteiger partial charge in [-0.1, -0.05) is 41.5 Å². The molecule has 1 atom stereocenters. The average molecular weight is 322 g/mol. The van der Waals surface area contributed by atoms with Crippen LogP contribution in [0.5, 0.6) is 0 Å². The van der Waals surface area contributed by atoms with Crippen molar-refractivity contribution in [2.75, 3.05) is 0 Å². The summed E-state index contributed by atoms with van der Waals surface area (Å²) in [5.41, 5.74) is -0.941. The largest absolute Gasteiger partial charge is 0.478 e. The summed E-state index contributed by atoms with van der Waals surface area (Å²) in [6, 6.07) is -0.612. The number of carbonyl (C=O) groups excluding carboxylic acids is 1. The van der Waals surface area contributed by atoms with E-state index in [1.807, 2.05) is 41.5 Å². The van der Waals surface area contributed by atoms with Crippen LogP contribution in [0, 0.1) is 10.8 Å². The van der Waals surface area contributed by atoms with Crippen molar-refractivity contribution in [2.24, 2.45) is 10.8 Å². The van der Waals surface area contributed by atoms with Crippen LogP contribution in [0.1, 0.15) is 60.4 Å². The number of hydrogen-bond donors (Lipinski definition) is 1. The van der Waals surface area contributed by atoms with Gasteiger partial charge in [0, 0.05) is 5.41 Å². The Morgan fingerprint density at radius 1 is 1.26 bits per heavy atom. The zero-order chi connectivity index (χ0) is 17.6. The molecule has 23 heavy (non-hydrogen) atoms. The lowest BCUT2D eigenvalue weighted by molar-refractivity contribution is -0.833. The number of aliphatic carboxylic acids is 1. The lowest BCUT2D eigenvalue weighted by Gasteiger charge is -2.26. The summed E-state index contributed by atoms with van der Waals surface area (Å²) in [5.74, 6) is -1.38. The molecule has 8 nitrogen and oxygen atoms in total. The number of carbonyl (C=O) groups is 2. The first kappa shape index (κ1) is 17.2. The highest BCUT2D eigenvalue weighted by Crippen LogP contribution is 2.41. The quantitative estimate of drug-likeness (QED) is 0.646. The Morgan fingerprint density at radius 3 is 2.35 bits per heavy atom. The van der Waals surface area contributed by atoms with E-state index < -0.39 is 22.8 Å². The summed E-state index contributed by atoms with van der Waals surface area (Å²) in [6.45, 7) is 11.4. The Hall–Kier alpha value is -2.12. The van der Waals surface area contributed by atoms with E-state index in [2.05, 4.69) is 15.6 Å². The lowest BCUT2D eigenvalue weighted by Crippen LogP contribution is -2.52. The van der Waals surface area contributed by atoms with Crippen LogP contribution < -0.4 is 4.80 Å². The lowest BCUT2D eigenvalue weighted by atomic mass is 9.76. The van der Waals surface area contributed by atoms with Crippen molar-refractivity contribution in [3.63, 3.8) is 0 Å². The van der Waals surface area contributed by atoms with Crippen LogP contribution in [0.3, 0.4) is 0 Å². The molecule has 126 valence electrons. The second kappa shape index (κ2) is 5.50. The van der Waals surface area contributed by atoms with E-state index in [4.69, 9.17) is 0 Å². The molecule has 0 saturated heterocycles. The molecule has 1 aromatic heterocycles. The van der Waals surface area contributed by atoms with Gasteiger partial charge >= 0.3 is 5.97 Å². The van der Waals surface area contributed by atoms with Crippen LogP contribution in [0.15, 0.2) is 5.57 Å². The zero-order valence-electron chi connectivity index (χ0n) is 14.5. The standard InChI is InChI=1S/C15H23N5O3/c1-7-14(3,4)9(13(22)23)10-11(21)12(15(5,6)8-2)20-18-16-17-19(10)20/h12H,7-8H2,1-6H3/p+1. The molecule has 2 heterocycles. The molecule has 8 heteroatoms. The Bertz CT molecular complexity index is 687. The monoisotopic (exact) mass is 322 g/mol. The minimum Gasteiger partial charge on any atom is -0.478 e. The van der Waals surface area contributed by atoms with Gasteiger partial charge in [0.15, 0.2) is 11.7 Å². The van der Waals surface area contributed by atoms with E-state index in [0.717, 1.165) is 6.42 Å². The molecule has 1 aliphatic heterocycles. The van der Waals surface area contributed by atoms with Crippen LogP contribution >= 0.6 is 0 Å². The van der Waals surface area contributed by atoms with Crippen molar-refractivity contribution in [3.8, 4) is 0 Å². The Kier molecular flexibility index (Phi) is 4.13. The number of rotatable bonds is 5. The van der Waals surface area contributed by atoms with Crippen LogP contribution in [0.25, 0.3) is 5.70 Å². The summed E-state index contributed by atoms with van der Waals surface area (Å²) < 4.78 is 0. The van der Waals surface area contributed by atoms with E-state index in [0.29, 0.717) is 6.42 Å². The third-order valence-electron chi connectivity index (χ3n) is 5.03. The average Bonchev–Trinajstić information content (AvgIpc) is 3.00. The second-order valence-corrected chi connectivity index (χ2v) is 7.25. The van der Waals surface area contributed by atoms with Crippen LogP contribution in [0.2, 0.25) is 0 Å². The van der Waals surface area contributed by atoms with Gasteiger partial charge in [-0.2, -0.15) is 0 Å². The Balaban J connectivity index is 2.77. The fourth-order valence-corrected chi connectivity index (χ4v) is 2.79. The maximum Gasteiger partial charge on any atom is 0.334 e. The number of nitrogens with zero attached hydrogens (tertiary/aromatic N) is 5. The molecular weight excluding hydrogens is 298 g/mol. The van der Waals surface area contributed by atoms with Gasteiger partial charge in [-0.25, -0.2) is 4.79 Å². The fraction of sp³-hybridized carbons (Fsp3) is 0.733. The summed E-state index contributed by atoms with van der Waals surface area (Å²) in [7, 11) is 0. The van der Waals surface area contributed by atoms with Gasteiger partial charge in [0.25, 0.3) is 0 Å². The number of allylic oxidation sites excluding steroid dienone is 1. The number of ketones is 1. The van der Waals surface area contributed by atoms with Crippen molar-refractivity contribution >= 4 is 17.4 Å². The predicted octanol–water partition coefficient (Wildman–Crippen LogP) is 1.25. The molecule has 0 aliphatic carbocycles. The van der Waals surface area contributed by atoms with E-state index in [9.17, 15) is 14.7 Å². The number of hydrogen-bond acceptors (Lipinski definition) is 5. The SMILES string of the molecule is CCC(C)(C)C(C(=O)O)=C1C(=O)C(C(C)(C)CC)[n+]2nnnn21. The molecule has 1 unspecified atom stereocenters. The van der Waals surface area contributed by atoms with E-state index in [1.54, 1.807) is 0 Å². The number of carboxylic acid groups (broad SMARTS) is 1. The minimum atomic E-state index is -1.11. The van der Waals surface area contributed by atoms with E-state index >= 15 is 0 Å². The van der Waals surface area contributed by atoms with Crippen molar-refractivity contribution in [1.82, 2.24) is 20.4 Å². The molecule has 0 bridgehead atoms. The van der Waals surface area contributed by atoms with E-state index in [-0.39, 0.29) is 17.1 Å². The normalized spacial score (nSPS) is 20.6. The first-order chi connectivity index (χ1) is 10.6. The van der Waals surface area contributed by atoms with Crippen molar-refractivity contribution in [1.29, 1.82) is 0 Å². The first-order valence-corrected chi connectivity index (χ1v) is 7.81. The molecule has 0 fully saturated rings. The maximum atomic E-state index is 13.1. The summed E-state index contributed by atoms with van der Waals surface area (Å²) in [4.78, 5) is 27.6. The number of Topliss-reactive ketones (excluding diaryl/α,β-unsaturated/α-hetero) is 1. The maximum absolute atomic E-state index is 13.1. The molecule has 1 aliphatic rings. The molecule has 0 amide bonds. The molecule has 0 spiro atoms. The highest BCUT2D eigenvalue weighted by atomic mass is 16.4. The summed E-state index contributed by atoms with van der Waals surface area (Å²) in [6.07, 6.45) is 1.31. The first-order valence-electron chi connectivity index (χ1n) is 7.81. The second-order valence-electron chi connectivity index (χ2n) is 7.25. The summed E-state index contributed by atoms with van der Waals surface area (Å²) in [5, 5.41) is 21.1. The van der Waals surface area contributed by atoms with Gasteiger partial charge < -0.3 is 5.11 Å². The van der Waals surface area contributed by atoms with Gasteiger partial charge in [0.1, 0.15) is 5.21 Å². The van der Waals surface area contributed by atoms with Crippen LogP contribution in [-0.2, 0) is 9.59 Å². The molecule has 0 aromatic carbocycles. The van der Waals surface area contributed by atoms with Gasteiger partial charge in [0.2, 0.25) is 16.2 Å². The van der Waals surface area contributed by atoms with Gasteiger partial charge in [0.05, 0.1) is 5.57 Å². The minimum absolute atomic E-state index is 0.0560. The summed E-state index contributed by atoms with van der Waals surface area (Å²) >= 11 is 0. The van der Waals surface area contributed by atoms with Crippen LogP contribution in [-0.4, -0.2) is 37.3 Å². The van der Waals surface area contributed by atoms with Crippen molar-refractivity contribution < 1.29 is 19.5 Å². The van der Waals surface area contributed by atoms with Crippen molar-refractivity contribution in [2.45, 2.75) is 60.4 Å². The molecule has 1 N–H and O–H groups in total. The van der Waals surface area contributed by atoms with Gasteiger partial charge in [-0.3, -0.25) is 4.79 Å². The van der Waals surface area contributed by atoms with Crippen LogP contribution in [0.4, 0.5) is 0 Å². The highest BCUT2D eigenvalue weighted by Gasteiger charge is 2.53. The van der Waals surface area contributed by atoms with Gasteiger partial charge in [-0.15, -0.1) is 0 Å². The predicted molar refractivity (Wildman–Crippen MR) is 81.1 cm³/mol. The zero-order valence-corrected chi connectivity index (χ0v) is 14.5. The number of carboxylic acids is 1. The molecule has 1 aromatic rings. The number of fused-ring (bicyclic) bond motifs is 1. The van der Waals surface area contributed by atoms with Crippen molar-refractivity contribution in [3.05, 3.63) is 5.57 Å². The Morgan fingerprint density at radius 2 is 1.87 bits per heavy atom. The third-order valence-corrected chi connectivity index (χ3v) is 5.03. The van der Waals surface area contributed by atoms with Gasteiger partial charge in [-0.05, 0) is 27.8 Å². The van der Waals surface area contributed by atoms with E-state index in [1.165, 1.54) is 9.59 Å².